The molecule has 0 aliphatic carbocycles. The molecule has 3 nitrogen and oxygen atoms in total. The highest BCUT2D eigenvalue weighted by Gasteiger charge is 1.98. The van der Waals surface area contributed by atoms with Crippen molar-refractivity contribution in [3.8, 4) is 0 Å². The van der Waals surface area contributed by atoms with Crippen molar-refractivity contribution in [3.05, 3.63) is 24.0 Å². The maximum atomic E-state index is 9.09. The van der Waals surface area contributed by atoms with Crippen LogP contribution < -0.4 is 5.32 Å². The van der Waals surface area contributed by atoms with E-state index in [1.165, 1.54) is 5.69 Å². The average Bonchev–Trinajstić information content (AvgIpc) is 2.64. The van der Waals surface area contributed by atoms with Crippen LogP contribution in [0.2, 0.25) is 0 Å². The van der Waals surface area contributed by atoms with Crippen LogP contribution in [-0.4, -0.2) is 22.3 Å². The highest BCUT2D eigenvalue weighted by Crippen LogP contribution is 2.01. The molecule has 3 heteroatoms. The summed E-state index contributed by atoms with van der Waals surface area (Å²) in [6, 6.07) is 4.22. The Morgan fingerprint density at radius 1 is 1.53 bits per heavy atom. The van der Waals surface area contributed by atoms with Crippen LogP contribution in [0, 0.1) is 0 Å². The highest BCUT2D eigenvalue weighted by atomic mass is 16.3. The maximum Gasteiger partial charge on any atom is 0.0512 e. The van der Waals surface area contributed by atoms with Crippen molar-refractivity contribution < 1.29 is 5.11 Å². The zero-order valence-corrected chi connectivity index (χ0v) is 9.74. The van der Waals surface area contributed by atoms with E-state index in [0.29, 0.717) is 0 Å². The van der Waals surface area contributed by atoms with Gasteiger partial charge in [0.05, 0.1) is 6.10 Å². The average molecular weight is 210 g/mol. The van der Waals surface area contributed by atoms with Gasteiger partial charge in [-0.05, 0) is 45.4 Å². The first-order valence-corrected chi connectivity index (χ1v) is 5.76. The first-order chi connectivity index (χ1) is 7.24. The summed E-state index contributed by atoms with van der Waals surface area (Å²) in [6.07, 6.45) is 3.84. The lowest BCUT2D eigenvalue weighted by Crippen LogP contribution is -2.18. The van der Waals surface area contributed by atoms with Gasteiger partial charge in [0.2, 0.25) is 0 Å². The summed E-state index contributed by atoms with van der Waals surface area (Å²) in [6.45, 7) is 6.90. The van der Waals surface area contributed by atoms with E-state index in [0.717, 1.165) is 32.5 Å². The molecule has 1 aromatic heterocycles. The number of aryl methyl sites for hydroxylation is 1. The number of nitrogens with zero attached hydrogens (tertiary/aromatic N) is 1. The Bertz CT molecular complexity index is 268. The lowest BCUT2D eigenvalue weighted by atomic mass is 10.2. The Hall–Kier alpha value is -0.800. The van der Waals surface area contributed by atoms with Crippen LogP contribution in [0.1, 0.15) is 32.4 Å². The third-order valence-corrected chi connectivity index (χ3v) is 2.55. The summed E-state index contributed by atoms with van der Waals surface area (Å²) in [5.74, 6) is 0. The van der Waals surface area contributed by atoms with Crippen LogP contribution in [0.25, 0.3) is 0 Å². The van der Waals surface area contributed by atoms with Gasteiger partial charge >= 0.3 is 0 Å². The van der Waals surface area contributed by atoms with Gasteiger partial charge < -0.3 is 15.0 Å². The molecule has 1 aromatic rings. The molecule has 2 N–H and O–H groups in total. The molecule has 0 bridgehead atoms. The lowest BCUT2D eigenvalue weighted by Gasteiger charge is -2.08. The second-order valence-electron chi connectivity index (χ2n) is 3.95. The number of hydrogen-bond donors (Lipinski definition) is 2. The van der Waals surface area contributed by atoms with Crippen molar-refractivity contribution >= 4 is 0 Å². The van der Waals surface area contributed by atoms with Gasteiger partial charge in [-0.15, -0.1) is 0 Å². The molecule has 0 aromatic carbocycles. The molecular formula is C12H22N2O. The fourth-order valence-corrected chi connectivity index (χ4v) is 1.66. The van der Waals surface area contributed by atoms with Crippen LogP contribution in [0.15, 0.2) is 18.3 Å². The second-order valence-corrected chi connectivity index (χ2v) is 3.95. The minimum absolute atomic E-state index is 0.175. The number of nitrogens with one attached hydrogen (secondary N) is 1. The lowest BCUT2D eigenvalue weighted by molar-refractivity contribution is 0.181. The number of aliphatic hydroxyl groups excluding tert-OH is 1. The third kappa shape index (κ3) is 4.49. The SMILES string of the molecule is CCn1cccc1CNCCCC(C)O. The summed E-state index contributed by atoms with van der Waals surface area (Å²) in [7, 11) is 0. The smallest absolute Gasteiger partial charge is 0.0512 e. The molecule has 0 fully saturated rings. The first kappa shape index (κ1) is 12.3. The van der Waals surface area contributed by atoms with E-state index in [-0.39, 0.29) is 6.10 Å². The molecule has 1 rings (SSSR count). The standard InChI is InChI=1S/C12H22N2O/c1-3-14-9-5-7-12(14)10-13-8-4-6-11(2)15/h5,7,9,11,13,15H,3-4,6,8,10H2,1-2H3. The number of rotatable bonds is 7. The summed E-state index contributed by atoms with van der Waals surface area (Å²) in [5, 5.41) is 12.5. The molecule has 1 atom stereocenters. The van der Waals surface area contributed by atoms with Crippen molar-refractivity contribution in [2.75, 3.05) is 6.54 Å². The summed E-state index contributed by atoms with van der Waals surface area (Å²) in [5.41, 5.74) is 1.33. The molecule has 15 heavy (non-hydrogen) atoms. The Kier molecular flexibility index (Phi) is 5.43. The fourth-order valence-electron chi connectivity index (χ4n) is 1.66. The van der Waals surface area contributed by atoms with Gasteiger partial charge in [-0.3, -0.25) is 0 Å². The molecule has 0 amide bonds. The van der Waals surface area contributed by atoms with Crippen LogP contribution in [0.4, 0.5) is 0 Å². The maximum absolute atomic E-state index is 9.09. The monoisotopic (exact) mass is 210 g/mol. The Morgan fingerprint density at radius 2 is 2.33 bits per heavy atom. The van der Waals surface area contributed by atoms with Crippen LogP contribution >= 0.6 is 0 Å². The number of aliphatic hydroxyl groups is 1. The zero-order chi connectivity index (χ0) is 11.1. The van der Waals surface area contributed by atoms with Gasteiger partial charge in [0, 0.05) is 25.0 Å². The molecule has 86 valence electrons. The molecule has 0 radical (unpaired) electrons. The van der Waals surface area contributed by atoms with Crippen molar-refractivity contribution in [3.63, 3.8) is 0 Å². The Labute approximate surface area is 92.1 Å². The van der Waals surface area contributed by atoms with E-state index in [1.54, 1.807) is 0 Å². The molecule has 1 unspecified atom stereocenters. The fraction of sp³-hybridized carbons (Fsp3) is 0.667. The predicted molar refractivity (Wildman–Crippen MR) is 62.7 cm³/mol. The molecule has 0 aliphatic heterocycles. The van der Waals surface area contributed by atoms with Gasteiger partial charge in [-0.2, -0.15) is 0 Å². The topological polar surface area (TPSA) is 37.2 Å². The normalized spacial score (nSPS) is 13.0. The third-order valence-electron chi connectivity index (χ3n) is 2.55. The molecule has 0 saturated heterocycles. The van der Waals surface area contributed by atoms with Crippen molar-refractivity contribution in [1.29, 1.82) is 0 Å². The highest BCUT2D eigenvalue weighted by molar-refractivity contribution is 5.06. The minimum Gasteiger partial charge on any atom is -0.393 e. The summed E-state index contributed by atoms with van der Waals surface area (Å²) in [4.78, 5) is 0. The van der Waals surface area contributed by atoms with Crippen LogP contribution in [0.3, 0.4) is 0 Å². The van der Waals surface area contributed by atoms with E-state index in [9.17, 15) is 0 Å². The molecular weight excluding hydrogens is 188 g/mol. The van der Waals surface area contributed by atoms with Crippen molar-refractivity contribution in [2.45, 2.75) is 45.9 Å². The van der Waals surface area contributed by atoms with E-state index < -0.39 is 0 Å². The summed E-state index contributed by atoms with van der Waals surface area (Å²) < 4.78 is 2.24. The Balaban J connectivity index is 2.15. The van der Waals surface area contributed by atoms with Crippen LogP contribution in [-0.2, 0) is 13.1 Å². The quantitative estimate of drug-likeness (QED) is 0.673. The predicted octanol–water partition coefficient (Wildman–Crippen LogP) is 1.76. The largest absolute Gasteiger partial charge is 0.393 e. The summed E-state index contributed by atoms with van der Waals surface area (Å²) >= 11 is 0. The minimum atomic E-state index is -0.175. The first-order valence-electron chi connectivity index (χ1n) is 5.76. The van der Waals surface area contributed by atoms with Crippen molar-refractivity contribution in [1.82, 2.24) is 9.88 Å². The van der Waals surface area contributed by atoms with Gasteiger partial charge in [0.1, 0.15) is 0 Å². The second kappa shape index (κ2) is 6.64. The van der Waals surface area contributed by atoms with E-state index in [1.807, 2.05) is 6.92 Å². The molecule has 0 spiro atoms. The molecule has 0 saturated carbocycles. The van der Waals surface area contributed by atoms with E-state index in [2.05, 4.69) is 35.1 Å². The van der Waals surface area contributed by atoms with Gasteiger partial charge in [0.15, 0.2) is 0 Å². The van der Waals surface area contributed by atoms with Crippen molar-refractivity contribution in [2.24, 2.45) is 0 Å². The van der Waals surface area contributed by atoms with Crippen LogP contribution in [0.5, 0.6) is 0 Å². The zero-order valence-electron chi connectivity index (χ0n) is 9.74. The molecule has 1 heterocycles. The Morgan fingerprint density at radius 3 is 3.00 bits per heavy atom. The molecule has 0 aliphatic rings. The van der Waals surface area contributed by atoms with E-state index in [4.69, 9.17) is 5.11 Å². The van der Waals surface area contributed by atoms with Gasteiger partial charge in [-0.1, -0.05) is 0 Å². The number of aromatic nitrogens is 1. The van der Waals surface area contributed by atoms with E-state index >= 15 is 0 Å². The van der Waals surface area contributed by atoms with Gasteiger partial charge in [-0.25, -0.2) is 0 Å². The number of hydrogen-bond acceptors (Lipinski definition) is 2. The van der Waals surface area contributed by atoms with Gasteiger partial charge in [0.25, 0.3) is 0 Å².